The summed E-state index contributed by atoms with van der Waals surface area (Å²) in [5, 5.41) is 0. The smallest absolute Gasteiger partial charge is 0.185 e. The number of rotatable bonds is 23. The SMILES string of the molecule is CC(C)=CCC/C(C)=C/CC/C(C)=C/CC/C(C)=C/CC/C(C)=C/CC/C(C)=C/CC/C(C)=C/CC/C(C)=C/CC1=CC(=O)C(C)=C(C)C1=O. The fourth-order valence-corrected chi connectivity index (χ4v) is 5.94. The van der Waals surface area contributed by atoms with Crippen LogP contribution in [0.1, 0.15) is 172 Å². The van der Waals surface area contributed by atoms with Crippen LogP contribution in [0, 0.1) is 0 Å². The quantitative estimate of drug-likeness (QED) is 0.0795. The minimum atomic E-state index is -0.0351. The Bertz CT molecular complexity index is 1430. The second-order valence-corrected chi connectivity index (χ2v) is 15.2. The standard InChI is InChI=1S/C48H72O2/c1-36(2)19-12-20-37(3)21-13-22-38(4)23-14-24-39(5)25-15-26-40(6)27-16-28-41(7)29-17-30-42(8)31-18-32-43(9)33-34-46-35-47(49)44(10)45(11)48(46)50/h19,21,23,25,27,29,31,33,35H,12-18,20,22,24,26,28,30,32,34H2,1-11H3/b37-21+,38-23+,39-25+,40-27+,41-29+,42-31+,43-33+. The third-order valence-corrected chi connectivity index (χ3v) is 9.82. The van der Waals surface area contributed by atoms with Crippen LogP contribution in [0.2, 0.25) is 0 Å². The first-order valence-electron chi connectivity index (χ1n) is 19.4. The molecule has 0 atom stereocenters. The van der Waals surface area contributed by atoms with E-state index >= 15 is 0 Å². The molecule has 276 valence electrons. The number of Topliss-reactive ketones (excluding diaryl/α,β-unsaturated/α-hetero) is 1. The summed E-state index contributed by atoms with van der Waals surface area (Å²) in [6, 6.07) is 0. The zero-order chi connectivity index (χ0) is 37.5. The molecule has 1 aliphatic rings. The van der Waals surface area contributed by atoms with E-state index in [1.54, 1.807) is 13.8 Å². The lowest BCUT2D eigenvalue weighted by molar-refractivity contribution is -0.115. The minimum absolute atomic E-state index is 0.00947. The zero-order valence-corrected chi connectivity index (χ0v) is 34.1. The Hall–Kier alpha value is -3.26. The predicted octanol–water partition coefficient (Wildman–Crippen LogP) is 14.8. The van der Waals surface area contributed by atoms with Crippen molar-refractivity contribution < 1.29 is 9.59 Å². The molecule has 0 aromatic heterocycles. The number of hydrogen-bond donors (Lipinski definition) is 0. The maximum Gasteiger partial charge on any atom is 0.185 e. The highest BCUT2D eigenvalue weighted by molar-refractivity contribution is 6.22. The van der Waals surface area contributed by atoms with Crippen LogP contribution in [0.3, 0.4) is 0 Å². The first kappa shape index (κ1) is 44.8. The lowest BCUT2D eigenvalue weighted by atomic mass is 9.89. The van der Waals surface area contributed by atoms with Gasteiger partial charge in [-0.05, 0) is 179 Å². The van der Waals surface area contributed by atoms with E-state index in [-0.39, 0.29) is 11.6 Å². The van der Waals surface area contributed by atoms with Gasteiger partial charge in [-0.15, -0.1) is 0 Å². The summed E-state index contributed by atoms with van der Waals surface area (Å²) < 4.78 is 0. The zero-order valence-electron chi connectivity index (χ0n) is 34.1. The molecule has 1 aliphatic carbocycles. The molecule has 0 spiro atoms. The van der Waals surface area contributed by atoms with Gasteiger partial charge < -0.3 is 0 Å². The molecule has 0 fully saturated rings. The predicted molar refractivity (Wildman–Crippen MR) is 221 cm³/mol. The van der Waals surface area contributed by atoms with Crippen LogP contribution in [0.5, 0.6) is 0 Å². The fraction of sp³-hybridized carbons (Fsp3) is 0.542. The number of ketones is 2. The van der Waals surface area contributed by atoms with Gasteiger partial charge >= 0.3 is 0 Å². The molecule has 0 aliphatic heterocycles. The normalized spacial score (nSPS) is 16.1. The Morgan fingerprint density at radius 3 is 1.00 bits per heavy atom. The first-order valence-corrected chi connectivity index (χ1v) is 19.4. The highest BCUT2D eigenvalue weighted by atomic mass is 16.1. The maximum absolute atomic E-state index is 12.5. The molecular formula is C48H72O2. The fourth-order valence-electron chi connectivity index (χ4n) is 5.94. The van der Waals surface area contributed by atoms with Crippen molar-refractivity contribution in [1.29, 1.82) is 0 Å². The molecule has 0 radical (unpaired) electrons. The van der Waals surface area contributed by atoms with Crippen LogP contribution < -0.4 is 0 Å². The third-order valence-electron chi connectivity index (χ3n) is 9.82. The molecular weight excluding hydrogens is 609 g/mol. The monoisotopic (exact) mass is 681 g/mol. The van der Waals surface area contributed by atoms with Crippen molar-refractivity contribution in [3.05, 3.63) is 116 Å². The van der Waals surface area contributed by atoms with E-state index in [9.17, 15) is 9.59 Å². The summed E-state index contributed by atoms with van der Waals surface area (Å²) in [5.41, 5.74) is 13.4. The lowest BCUT2D eigenvalue weighted by Gasteiger charge is -2.13. The van der Waals surface area contributed by atoms with Crippen LogP contribution in [0.15, 0.2) is 116 Å². The van der Waals surface area contributed by atoms with Gasteiger partial charge in [0, 0.05) is 16.7 Å². The Morgan fingerprint density at radius 2 is 0.700 bits per heavy atom. The minimum Gasteiger partial charge on any atom is -0.290 e. The summed E-state index contributed by atoms with van der Waals surface area (Å²) in [6.45, 7) is 23.6. The Morgan fingerprint density at radius 1 is 0.420 bits per heavy atom. The molecule has 0 unspecified atom stereocenters. The molecule has 2 heteroatoms. The van der Waals surface area contributed by atoms with Gasteiger partial charge in [0.15, 0.2) is 11.6 Å². The molecule has 50 heavy (non-hydrogen) atoms. The molecule has 0 heterocycles. The number of carbonyl (C=O) groups excluding carboxylic acids is 2. The van der Waals surface area contributed by atoms with E-state index in [0.717, 1.165) is 77.0 Å². The van der Waals surface area contributed by atoms with Gasteiger partial charge in [0.25, 0.3) is 0 Å². The van der Waals surface area contributed by atoms with Crippen LogP contribution in [0.4, 0.5) is 0 Å². The maximum atomic E-state index is 12.5. The van der Waals surface area contributed by atoms with Crippen molar-refractivity contribution in [1.82, 2.24) is 0 Å². The molecule has 0 aromatic carbocycles. The van der Waals surface area contributed by atoms with Gasteiger partial charge in [0.1, 0.15) is 0 Å². The summed E-state index contributed by atoms with van der Waals surface area (Å²) in [5.74, 6) is -0.0256. The highest BCUT2D eigenvalue weighted by Crippen LogP contribution is 2.22. The summed E-state index contributed by atoms with van der Waals surface area (Å²) in [4.78, 5) is 24.5. The number of allylic oxidation sites excluding steroid dienone is 20. The molecule has 0 N–H and O–H groups in total. The van der Waals surface area contributed by atoms with Crippen molar-refractivity contribution in [2.45, 2.75) is 172 Å². The van der Waals surface area contributed by atoms with Gasteiger partial charge in [-0.3, -0.25) is 9.59 Å². The summed E-state index contributed by atoms with van der Waals surface area (Å²) in [7, 11) is 0. The van der Waals surface area contributed by atoms with E-state index in [0.29, 0.717) is 23.1 Å². The second kappa shape index (κ2) is 25.7. The lowest BCUT2D eigenvalue weighted by Crippen LogP contribution is -2.16. The van der Waals surface area contributed by atoms with E-state index in [4.69, 9.17) is 0 Å². The molecule has 1 rings (SSSR count). The van der Waals surface area contributed by atoms with Gasteiger partial charge in [-0.25, -0.2) is 0 Å². The number of carbonyl (C=O) groups is 2. The Kier molecular flexibility index (Phi) is 23.0. The largest absolute Gasteiger partial charge is 0.290 e. The van der Waals surface area contributed by atoms with Crippen molar-refractivity contribution >= 4 is 11.6 Å². The first-order chi connectivity index (χ1) is 23.7. The molecule has 0 saturated carbocycles. The highest BCUT2D eigenvalue weighted by Gasteiger charge is 2.22. The van der Waals surface area contributed by atoms with Crippen molar-refractivity contribution in [2.75, 3.05) is 0 Å². The van der Waals surface area contributed by atoms with Crippen LogP contribution in [-0.2, 0) is 9.59 Å². The Labute approximate surface area is 308 Å². The van der Waals surface area contributed by atoms with Gasteiger partial charge in [-0.2, -0.15) is 0 Å². The summed E-state index contributed by atoms with van der Waals surface area (Å²) >= 11 is 0. The van der Waals surface area contributed by atoms with Crippen LogP contribution in [0.25, 0.3) is 0 Å². The van der Waals surface area contributed by atoms with Gasteiger partial charge in [-0.1, -0.05) is 93.2 Å². The molecule has 0 aromatic rings. The van der Waals surface area contributed by atoms with Gasteiger partial charge in [0.2, 0.25) is 0 Å². The van der Waals surface area contributed by atoms with Crippen LogP contribution >= 0.6 is 0 Å². The summed E-state index contributed by atoms with van der Waals surface area (Å²) in [6.07, 6.45) is 36.7. The van der Waals surface area contributed by atoms with Crippen LogP contribution in [-0.4, -0.2) is 11.6 Å². The van der Waals surface area contributed by atoms with Crippen molar-refractivity contribution in [3.8, 4) is 0 Å². The van der Waals surface area contributed by atoms with Gasteiger partial charge in [0.05, 0.1) is 0 Å². The molecule has 0 amide bonds. The third kappa shape index (κ3) is 21.1. The van der Waals surface area contributed by atoms with Crippen molar-refractivity contribution in [2.24, 2.45) is 0 Å². The molecule has 0 bridgehead atoms. The van der Waals surface area contributed by atoms with Crippen molar-refractivity contribution in [3.63, 3.8) is 0 Å². The van der Waals surface area contributed by atoms with E-state index in [1.807, 2.05) is 0 Å². The average molecular weight is 681 g/mol. The van der Waals surface area contributed by atoms with E-state index in [2.05, 4.69) is 111 Å². The Balaban J connectivity index is 2.28. The average Bonchev–Trinajstić information content (AvgIpc) is 3.04. The topological polar surface area (TPSA) is 34.1 Å². The number of hydrogen-bond acceptors (Lipinski definition) is 2. The molecule has 0 saturated heterocycles. The van der Waals surface area contributed by atoms with E-state index in [1.165, 1.54) is 63.5 Å². The molecule has 2 nitrogen and oxygen atoms in total. The van der Waals surface area contributed by atoms with E-state index < -0.39 is 0 Å². The second-order valence-electron chi connectivity index (χ2n) is 15.2.